The fraction of sp³-hybridized carbons (Fsp3) is 0.400. The van der Waals surface area contributed by atoms with Crippen LogP contribution in [0.2, 0.25) is 0 Å². The van der Waals surface area contributed by atoms with Gasteiger partial charge < -0.3 is 4.42 Å². The van der Waals surface area contributed by atoms with Gasteiger partial charge in [-0.15, -0.1) is 0 Å². The number of rotatable bonds is 1. The summed E-state index contributed by atoms with van der Waals surface area (Å²) in [4.78, 5) is 31.3. The summed E-state index contributed by atoms with van der Waals surface area (Å²) >= 11 is 0. The second kappa shape index (κ2) is 3.55. The highest BCUT2D eigenvalue weighted by Crippen LogP contribution is 2.03. The largest absolute Gasteiger partial charge is 0.423 e. The molecule has 0 unspecified atom stereocenters. The first kappa shape index (κ1) is 10.5. The SMILES string of the molecule is Cc1cnc2oc(=O)n(C(C)C)c(=O)c2n1. The number of hydrogen-bond donors (Lipinski definition) is 0. The number of fused-ring (bicyclic) bond motifs is 1. The smallest absolute Gasteiger partial charge is 0.388 e. The molecule has 16 heavy (non-hydrogen) atoms. The molecule has 6 nitrogen and oxygen atoms in total. The highest BCUT2D eigenvalue weighted by molar-refractivity contribution is 5.65. The van der Waals surface area contributed by atoms with Gasteiger partial charge in [0.25, 0.3) is 11.3 Å². The molecule has 0 bridgehead atoms. The van der Waals surface area contributed by atoms with E-state index in [2.05, 4.69) is 9.97 Å². The normalized spacial score (nSPS) is 11.2. The van der Waals surface area contributed by atoms with Crippen molar-refractivity contribution in [2.24, 2.45) is 0 Å². The Kier molecular flexibility index (Phi) is 2.34. The van der Waals surface area contributed by atoms with E-state index in [1.54, 1.807) is 20.8 Å². The van der Waals surface area contributed by atoms with Crippen molar-refractivity contribution >= 4 is 11.2 Å². The Morgan fingerprint density at radius 3 is 2.69 bits per heavy atom. The maximum atomic E-state index is 11.9. The molecule has 2 aromatic heterocycles. The van der Waals surface area contributed by atoms with E-state index in [9.17, 15) is 9.59 Å². The molecule has 0 aliphatic rings. The maximum absolute atomic E-state index is 11.9. The summed E-state index contributed by atoms with van der Waals surface area (Å²) < 4.78 is 5.95. The molecule has 0 radical (unpaired) electrons. The van der Waals surface area contributed by atoms with Gasteiger partial charge in [-0.05, 0) is 20.8 Å². The van der Waals surface area contributed by atoms with Gasteiger partial charge in [0.15, 0.2) is 5.52 Å². The van der Waals surface area contributed by atoms with Gasteiger partial charge in [0.05, 0.1) is 11.9 Å². The van der Waals surface area contributed by atoms with Crippen LogP contribution >= 0.6 is 0 Å². The van der Waals surface area contributed by atoms with Crippen LogP contribution < -0.4 is 11.3 Å². The highest BCUT2D eigenvalue weighted by Gasteiger charge is 2.13. The first-order chi connectivity index (χ1) is 7.50. The summed E-state index contributed by atoms with van der Waals surface area (Å²) in [5.41, 5.74) is 0.219. The second-order valence-corrected chi connectivity index (χ2v) is 3.80. The molecular formula is C10H11N3O3. The molecule has 0 saturated heterocycles. The summed E-state index contributed by atoms with van der Waals surface area (Å²) in [6.07, 6.45) is 1.45. The van der Waals surface area contributed by atoms with Crippen LogP contribution in [0.3, 0.4) is 0 Å². The molecule has 0 fully saturated rings. The maximum Gasteiger partial charge on any atom is 0.423 e. The predicted octanol–water partition coefficient (Wildman–Crippen LogP) is 0.634. The Bertz CT molecular complexity index is 654. The van der Waals surface area contributed by atoms with E-state index in [1.165, 1.54) is 6.20 Å². The van der Waals surface area contributed by atoms with Crippen LogP contribution in [0.1, 0.15) is 25.6 Å². The average Bonchev–Trinajstić information content (AvgIpc) is 2.19. The number of nitrogens with zero attached hydrogens (tertiary/aromatic N) is 3. The van der Waals surface area contributed by atoms with Crippen molar-refractivity contribution < 1.29 is 4.42 Å². The van der Waals surface area contributed by atoms with Crippen LogP contribution in [-0.2, 0) is 0 Å². The molecule has 0 atom stereocenters. The zero-order chi connectivity index (χ0) is 11.9. The molecule has 0 amide bonds. The average molecular weight is 221 g/mol. The van der Waals surface area contributed by atoms with E-state index in [0.29, 0.717) is 5.69 Å². The van der Waals surface area contributed by atoms with Crippen molar-refractivity contribution in [1.82, 2.24) is 14.5 Å². The fourth-order valence-corrected chi connectivity index (χ4v) is 1.45. The molecule has 0 aliphatic carbocycles. The Balaban J connectivity index is 2.97. The molecule has 0 aromatic carbocycles. The van der Waals surface area contributed by atoms with Crippen LogP contribution in [0, 0.1) is 6.92 Å². The van der Waals surface area contributed by atoms with Gasteiger partial charge in [-0.3, -0.25) is 4.79 Å². The monoisotopic (exact) mass is 221 g/mol. The van der Waals surface area contributed by atoms with E-state index in [-0.39, 0.29) is 17.3 Å². The van der Waals surface area contributed by atoms with Gasteiger partial charge >= 0.3 is 5.76 Å². The molecule has 2 aromatic rings. The standard InChI is InChI=1S/C10H11N3O3/c1-5(2)13-9(14)7-8(16-10(13)15)11-4-6(3)12-7/h4-5H,1-3H3. The Morgan fingerprint density at radius 2 is 2.06 bits per heavy atom. The molecule has 6 heteroatoms. The van der Waals surface area contributed by atoms with Crippen molar-refractivity contribution in [2.45, 2.75) is 26.8 Å². The van der Waals surface area contributed by atoms with Crippen molar-refractivity contribution in [3.8, 4) is 0 Å². The Hall–Kier alpha value is -1.98. The van der Waals surface area contributed by atoms with Crippen LogP contribution in [-0.4, -0.2) is 14.5 Å². The number of hydrogen-bond acceptors (Lipinski definition) is 5. The Morgan fingerprint density at radius 1 is 1.38 bits per heavy atom. The molecule has 84 valence electrons. The topological polar surface area (TPSA) is 78.0 Å². The Labute approximate surface area is 90.6 Å². The molecule has 2 rings (SSSR count). The summed E-state index contributed by atoms with van der Waals surface area (Å²) in [6, 6.07) is -0.268. The lowest BCUT2D eigenvalue weighted by molar-refractivity contribution is 0.420. The van der Waals surface area contributed by atoms with Gasteiger partial charge in [0.2, 0.25) is 0 Å². The first-order valence-electron chi connectivity index (χ1n) is 4.89. The minimum Gasteiger partial charge on any atom is -0.388 e. The number of aryl methyl sites for hydroxylation is 1. The fourth-order valence-electron chi connectivity index (χ4n) is 1.45. The lowest BCUT2D eigenvalue weighted by Gasteiger charge is -2.07. The van der Waals surface area contributed by atoms with Gasteiger partial charge in [0.1, 0.15) is 0 Å². The van der Waals surface area contributed by atoms with Gasteiger partial charge in [-0.2, -0.15) is 0 Å². The van der Waals surface area contributed by atoms with Crippen molar-refractivity contribution in [3.63, 3.8) is 0 Å². The lowest BCUT2D eigenvalue weighted by Crippen LogP contribution is -2.34. The molecule has 0 saturated carbocycles. The van der Waals surface area contributed by atoms with E-state index >= 15 is 0 Å². The third kappa shape index (κ3) is 1.52. The molecular weight excluding hydrogens is 210 g/mol. The van der Waals surface area contributed by atoms with Crippen LogP contribution in [0.15, 0.2) is 20.2 Å². The lowest BCUT2D eigenvalue weighted by atomic mass is 10.4. The van der Waals surface area contributed by atoms with Gasteiger partial charge in [0, 0.05) is 6.04 Å². The highest BCUT2D eigenvalue weighted by atomic mass is 16.4. The van der Waals surface area contributed by atoms with E-state index in [4.69, 9.17) is 4.42 Å². The third-order valence-electron chi connectivity index (χ3n) is 2.18. The minimum absolute atomic E-state index is 0.0162. The summed E-state index contributed by atoms with van der Waals surface area (Å²) in [6.45, 7) is 5.18. The zero-order valence-corrected chi connectivity index (χ0v) is 9.22. The molecule has 2 heterocycles. The zero-order valence-electron chi connectivity index (χ0n) is 9.22. The van der Waals surface area contributed by atoms with E-state index in [1.807, 2.05) is 0 Å². The van der Waals surface area contributed by atoms with Crippen LogP contribution in [0.4, 0.5) is 0 Å². The van der Waals surface area contributed by atoms with Crippen molar-refractivity contribution in [2.75, 3.05) is 0 Å². The van der Waals surface area contributed by atoms with Crippen LogP contribution in [0.5, 0.6) is 0 Å². The minimum atomic E-state index is -0.703. The second-order valence-electron chi connectivity index (χ2n) is 3.80. The third-order valence-corrected chi connectivity index (χ3v) is 2.18. The predicted molar refractivity (Wildman–Crippen MR) is 57.5 cm³/mol. The number of aromatic nitrogens is 3. The van der Waals surface area contributed by atoms with Gasteiger partial charge in [-0.1, -0.05) is 0 Å². The molecule has 0 aliphatic heterocycles. The van der Waals surface area contributed by atoms with Crippen molar-refractivity contribution in [3.05, 3.63) is 32.8 Å². The van der Waals surface area contributed by atoms with E-state index < -0.39 is 11.3 Å². The first-order valence-corrected chi connectivity index (χ1v) is 4.89. The van der Waals surface area contributed by atoms with Crippen molar-refractivity contribution in [1.29, 1.82) is 0 Å². The molecule has 0 N–H and O–H groups in total. The van der Waals surface area contributed by atoms with Crippen LogP contribution in [0.25, 0.3) is 11.2 Å². The summed E-state index contributed by atoms with van der Waals surface area (Å²) in [5, 5.41) is 0. The molecule has 0 spiro atoms. The van der Waals surface area contributed by atoms with E-state index in [0.717, 1.165) is 4.57 Å². The summed E-state index contributed by atoms with van der Waals surface area (Å²) in [7, 11) is 0. The summed E-state index contributed by atoms with van der Waals surface area (Å²) in [5.74, 6) is -0.703. The van der Waals surface area contributed by atoms with Gasteiger partial charge in [-0.25, -0.2) is 19.3 Å². The quantitative estimate of drug-likeness (QED) is 0.705.